The van der Waals surface area contributed by atoms with Gasteiger partial charge in [-0.25, -0.2) is 0 Å². The van der Waals surface area contributed by atoms with Gasteiger partial charge in [0.1, 0.15) is 5.58 Å². The van der Waals surface area contributed by atoms with Crippen LogP contribution in [-0.2, 0) is 0 Å². The summed E-state index contributed by atoms with van der Waals surface area (Å²) in [5.41, 5.74) is 2.42. The number of rotatable bonds is 7. The number of furan rings is 1. The summed E-state index contributed by atoms with van der Waals surface area (Å²) in [5, 5.41) is 22.8. The predicted molar refractivity (Wildman–Crippen MR) is 101 cm³/mol. The van der Waals surface area contributed by atoms with E-state index in [0.29, 0.717) is 18.4 Å². The number of hydrogen-bond acceptors (Lipinski definition) is 4. The molecule has 3 aromatic rings. The first-order valence-corrected chi connectivity index (χ1v) is 8.68. The van der Waals surface area contributed by atoms with Gasteiger partial charge in [0.15, 0.2) is 0 Å². The second-order valence-corrected chi connectivity index (χ2v) is 6.76. The molecule has 1 aromatic heterocycles. The highest BCUT2D eigenvalue weighted by Gasteiger charge is 2.20. The van der Waals surface area contributed by atoms with Crippen LogP contribution in [-0.4, -0.2) is 34.9 Å². The van der Waals surface area contributed by atoms with Crippen LogP contribution in [0.25, 0.3) is 22.1 Å². The van der Waals surface area contributed by atoms with Crippen molar-refractivity contribution in [1.82, 2.24) is 5.32 Å². The van der Waals surface area contributed by atoms with E-state index in [1.54, 1.807) is 25.3 Å². The molecule has 0 aliphatic carbocycles. The monoisotopic (exact) mass is 353 g/mol. The molecule has 26 heavy (non-hydrogen) atoms. The van der Waals surface area contributed by atoms with Crippen LogP contribution in [0.2, 0.25) is 0 Å². The number of hydrogen-bond donors (Lipinski definition) is 3. The summed E-state index contributed by atoms with van der Waals surface area (Å²) in [5.74, 6) is -0.230. The lowest BCUT2D eigenvalue weighted by atomic mass is 10.00. The molecule has 0 saturated carbocycles. The van der Waals surface area contributed by atoms with Crippen molar-refractivity contribution in [3.8, 4) is 11.1 Å². The molecule has 0 fully saturated rings. The topological polar surface area (TPSA) is 82.7 Å². The van der Waals surface area contributed by atoms with Crippen LogP contribution in [0.4, 0.5) is 0 Å². The Hall–Kier alpha value is -2.63. The van der Waals surface area contributed by atoms with Crippen LogP contribution < -0.4 is 5.32 Å². The number of amides is 1. The maximum Gasteiger partial charge on any atom is 0.251 e. The molecular formula is C21H23NO4. The fraction of sp³-hybridized carbons (Fsp3) is 0.286. The van der Waals surface area contributed by atoms with Gasteiger partial charge in [-0.2, -0.15) is 0 Å². The highest BCUT2D eigenvalue weighted by Crippen LogP contribution is 2.25. The largest absolute Gasteiger partial charge is 0.464 e. The van der Waals surface area contributed by atoms with E-state index >= 15 is 0 Å². The summed E-state index contributed by atoms with van der Waals surface area (Å²) in [6.07, 6.45) is 2.59. The molecule has 0 spiro atoms. The van der Waals surface area contributed by atoms with Gasteiger partial charge in [-0.1, -0.05) is 18.2 Å². The summed E-state index contributed by atoms with van der Waals surface area (Å²) >= 11 is 0. The predicted octanol–water partition coefficient (Wildman–Crippen LogP) is 3.35. The average Bonchev–Trinajstić information content (AvgIpc) is 3.12. The van der Waals surface area contributed by atoms with Gasteiger partial charge in [-0.05, 0) is 61.2 Å². The number of aliphatic hydroxyl groups is 2. The average molecular weight is 353 g/mol. The second kappa shape index (κ2) is 7.72. The van der Waals surface area contributed by atoms with Crippen molar-refractivity contribution in [2.45, 2.75) is 25.4 Å². The van der Waals surface area contributed by atoms with Gasteiger partial charge >= 0.3 is 0 Å². The Morgan fingerprint density at radius 2 is 1.85 bits per heavy atom. The zero-order valence-corrected chi connectivity index (χ0v) is 14.7. The molecule has 0 saturated heterocycles. The molecule has 5 nitrogen and oxygen atoms in total. The van der Waals surface area contributed by atoms with Crippen molar-refractivity contribution in [2.24, 2.45) is 0 Å². The molecule has 1 atom stereocenters. The first-order valence-electron chi connectivity index (χ1n) is 8.68. The van der Waals surface area contributed by atoms with Crippen LogP contribution in [0.15, 0.2) is 59.2 Å². The summed E-state index contributed by atoms with van der Waals surface area (Å²) in [4.78, 5) is 12.3. The third-order valence-electron chi connectivity index (χ3n) is 4.44. The zero-order chi connectivity index (χ0) is 18.6. The molecule has 0 aliphatic rings. The summed E-state index contributed by atoms with van der Waals surface area (Å²) in [6, 6.07) is 15.2. The minimum Gasteiger partial charge on any atom is -0.464 e. The van der Waals surface area contributed by atoms with Gasteiger partial charge < -0.3 is 19.9 Å². The third kappa shape index (κ3) is 4.31. The first kappa shape index (κ1) is 18.2. The van der Waals surface area contributed by atoms with Gasteiger partial charge in [0.25, 0.3) is 5.91 Å². The molecule has 2 aromatic carbocycles. The normalized spacial score (nSPS) is 13.5. The maximum atomic E-state index is 12.3. The van der Waals surface area contributed by atoms with Gasteiger partial charge in [0, 0.05) is 24.1 Å². The van der Waals surface area contributed by atoms with E-state index in [9.17, 15) is 9.90 Å². The molecule has 1 amide bonds. The molecule has 0 bridgehead atoms. The summed E-state index contributed by atoms with van der Waals surface area (Å²) in [7, 11) is 0. The van der Waals surface area contributed by atoms with E-state index in [0.717, 1.165) is 22.1 Å². The Morgan fingerprint density at radius 3 is 2.58 bits per heavy atom. The van der Waals surface area contributed by atoms with Crippen molar-refractivity contribution in [3.05, 3.63) is 60.4 Å². The number of benzene rings is 2. The van der Waals surface area contributed by atoms with Crippen molar-refractivity contribution < 1.29 is 19.4 Å². The van der Waals surface area contributed by atoms with Crippen LogP contribution in [0.3, 0.4) is 0 Å². The van der Waals surface area contributed by atoms with Gasteiger partial charge in [0.05, 0.1) is 11.9 Å². The van der Waals surface area contributed by atoms with Crippen LogP contribution >= 0.6 is 0 Å². The fourth-order valence-electron chi connectivity index (χ4n) is 2.88. The highest BCUT2D eigenvalue weighted by molar-refractivity contribution is 5.95. The quantitative estimate of drug-likeness (QED) is 0.608. The first-order chi connectivity index (χ1) is 12.5. The van der Waals surface area contributed by atoms with E-state index < -0.39 is 5.60 Å². The molecule has 3 rings (SSSR count). The van der Waals surface area contributed by atoms with Crippen LogP contribution in [0, 0.1) is 0 Å². The molecule has 1 unspecified atom stereocenters. The molecule has 0 radical (unpaired) electrons. The molecule has 3 N–H and O–H groups in total. The standard InChI is InChI=1S/C21H23NO4/c1-21(25,10-2-11-23)14-22-20(24)16-5-3-15(4-6-16)17-7-8-19-18(13-17)9-12-26-19/h3-9,12-13,23,25H,2,10-11,14H2,1H3,(H,22,24). The second-order valence-electron chi connectivity index (χ2n) is 6.76. The lowest BCUT2D eigenvalue weighted by Gasteiger charge is -2.23. The maximum absolute atomic E-state index is 12.3. The number of nitrogens with one attached hydrogen (secondary N) is 1. The molecule has 5 heteroatoms. The van der Waals surface area contributed by atoms with Gasteiger partial charge in [-0.3, -0.25) is 4.79 Å². The molecule has 1 heterocycles. The van der Waals surface area contributed by atoms with Crippen molar-refractivity contribution >= 4 is 16.9 Å². The Labute approximate surface area is 152 Å². The summed E-state index contributed by atoms with van der Waals surface area (Å²) < 4.78 is 5.35. The minimum absolute atomic E-state index is 0.0240. The van der Waals surface area contributed by atoms with E-state index in [2.05, 4.69) is 5.32 Å². The molecule has 136 valence electrons. The lowest BCUT2D eigenvalue weighted by Crippen LogP contribution is -2.40. The SMILES string of the molecule is CC(O)(CCCO)CNC(=O)c1ccc(-c2ccc3occc3c2)cc1. The highest BCUT2D eigenvalue weighted by atomic mass is 16.3. The lowest BCUT2D eigenvalue weighted by molar-refractivity contribution is 0.0415. The molecule has 0 aliphatic heterocycles. The number of aliphatic hydroxyl groups excluding tert-OH is 1. The smallest absolute Gasteiger partial charge is 0.251 e. The van der Waals surface area contributed by atoms with Crippen molar-refractivity contribution in [1.29, 1.82) is 0 Å². The van der Waals surface area contributed by atoms with E-state index in [4.69, 9.17) is 9.52 Å². The fourth-order valence-corrected chi connectivity index (χ4v) is 2.88. The van der Waals surface area contributed by atoms with Crippen molar-refractivity contribution in [3.63, 3.8) is 0 Å². The zero-order valence-electron chi connectivity index (χ0n) is 14.7. The Kier molecular flexibility index (Phi) is 5.40. The Morgan fingerprint density at radius 1 is 1.12 bits per heavy atom. The Balaban J connectivity index is 1.66. The summed E-state index contributed by atoms with van der Waals surface area (Å²) in [6.45, 7) is 1.82. The minimum atomic E-state index is -1.03. The van der Waals surface area contributed by atoms with Crippen molar-refractivity contribution in [2.75, 3.05) is 13.2 Å². The van der Waals surface area contributed by atoms with Gasteiger partial charge in [-0.15, -0.1) is 0 Å². The van der Waals surface area contributed by atoms with Crippen LogP contribution in [0.1, 0.15) is 30.1 Å². The van der Waals surface area contributed by atoms with Gasteiger partial charge in [0.2, 0.25) is 0 Å². The molecular weight excluding hydrogens is 330 g/mol. The number of carbonyl (C=O) groups is 1. The van der Waals surface area contributed by atoms with E-state index in [1.807, 2.05) is 36.4 Å². The van der Waals surface area contributed by atoms with E-state index in [1.165, 1.54) is 0 Å². The Bertz CT molecular complexity index is 880. The third-order valence-corrected chi connectivity index (χ3v) is 4.44. The van der Waals surface area contributed by atoms with Crippen LogP contribution in [0.5, 0.6) is 0 Å². The number of carbonyl (C=O) groups excluding carboxylic acids is 1. The number of fused-ring (bicyclic) bond motifs is 1. The van der Waals surface area contributed by atoms with E-state index in [-0.39, 0.29) is 19.1 Å².